The third-order valence-electron chi connectivity index (χ3n) is 2.03. The van der Waals surface area contributed by atoms with Crippen molar-refractivity contribution >= 4 is 17.5 Å². The SMILES string of the molecule is N#Cc1cccc(N(CC(N)=O)CC(N)=O)c1. The molecule has 0 aliphatic rings. The minimum atomic E-state index is -0.575. The zero-order valence-electron chi connectivity index (χ0n) is 9.09. The molecule has 0 aliphatic carbocycles. The Hall–Kier alpha value is -2.55. The molecular formula is C11H12N4O2. The van der Waals surface area contributed by atoms with Gasteiger partial charge in [-0.3, -0.25) is 9.59 Å². The third kappa shape index (κ3) is 3.83. The number of primary amides is 2. The van der Waals surface area contributed by atoms with Gasteiger partial charge < -0.3 is 16.4 Å². The van der Waals surface area contributed by atoms with Gasteiger partial charge in [-0.15, -0.1) is 0 Å². The van der Waals surface area contributed by atoms with Crippen LogP contribution in [0.25, 0.3) is 0 Å². The van der Waals surface area contributed by atoms with Crippen LogP contribution in [0.5, 0.6) is 0 Å². The van der Waals surface area contributed by atoms with Crippen LogP contribution in [0.4, 0.5) is 5.69 Å². The number of carbonyl (C=O) groups excluding carboxylic acids is 2. The predicted molar refractivity (Wildman–Crippen MR) is 61.8 cm³/mol. The molecule has 0 heterocycles. The molecule has 0 fully saturated rings. The van der Waals surface area contributed by atoms with Gasteiger partial charge in [-0.05, 0) is 18.2 Å². The first-order valence-electron chi connectivity index (χ1n) is 4.84. The maximum Gasteiger partial charge on any atom is 0.236 e. The van der Waals surface area contributed by atoms with Gasteiger partial charge in [0.25, 0.3) is 0 Å². The van der Waals surface area contributed by atoms with Crippen LogP contribution in [0.2, 0.25) is 0 Å². The summed E-state index contributed by atoms with van der Waals surface area (Å²) in [6.07, 6.45) is 0. The van der Waals surface area contributed by atoms with E-state index in [0.717, 1.165) is 0 Å². The highest BCUT2D eigenvalue weighted by atomic mass is 16.2. The van der Waals surface area contributed by atoms with Crippen LogP contribution in [-0.2, 0) is 9.59 Å². The normalized spacial score (nSPS) is 9.35. The Kier molecular flexibility index (Phi) is 4.06. The highest BCUT2D eigenvalue weighted by Gasteiger charge is 2.12. The maximum atomic E-state index is 10.9. The van der Waals surface area contributed by atoms with E-state index in [1.54, 1.807) is 24.3 Å². The van der Waals surface area contributed by atoms with Gasteiger partial charge in [-0.2, -0.15) is 5.26 Å². The van der Waals surface area contributed by atoms with Gasteiger partial charge in [0.05, 0.1) is 24.7 Å². The van der Waals surface area contributed by atoms with Gasteiger partial charge in [0, 0.05) is 5.69 Å². The molecule has 0 radical (unpaired) electrons. The molecule has 0 saturated carbocycles. The summed E-state index contributed by atoms with van der Waals surface area (Å²) in [6.45, 7) is -0.254. The van der Waals surface area contributed by atoms with Crippen molar-refractivity contribution in [3.05, 3.63) is 29.8 Å². The number of benzene rings is 1. The van der Waals surface area contributed by atoms with Gasteiger partial charge in [0.15, 0.2) is 0 Å². The molecule has 4 N–H and O–H groups in total. The van der Waals surface area contributed by atoms with E-state index in [4.69, 9.17) is 16.7 Å². The van der Waals surface area contributed by atoms with Gasteiger partial charge in [-0.1, -0.05) is 6.07 Å². The summed E-state index contributed by atoms with van der Waals surface area (Å²) in [5.41, 5.74) is 11.1. The number of nitriles is 1. The van der Waals surface area contributed by atoms with Crippen LogP contribution in [-0.4, -0.2) is 24.9 Å². The molecule has 6 nitrogen and oxygen atoms in total. The fourth-order valence-electron chi connectivity index (χ4n) is 1.39. The lowest BCUT2D eigenvalue weighted by Gasteiger charge is -2.21. The molecule has 1 rings (SSSR count). The monoisotopic (exact) mass is 232 g/mol. The Morgan fingerprint density at radius 2 is 1.82 bits per heavy atom. The molecule has 6 heteroatoms. The van der Waals surface area contributed by atoms with Crippen molar-refractivity contribution in [2.45, 2.75) is 0 Å². The predicted octanol–water partition coefficient (Wildman–Crippen LogP) is -0.665. The Bertz CT molecular complexity index is 463. The molecule has 2 amide bonds. The van der Waals surface area contributed by atoms with Crippen molar-refractivity contribution in [2.24, 2.45) is 11.5 Å². The number of hydrogen-bond donors (Lipinski definition) is 2. The zero-order valence-corrected chi connectivity index (χ0v) is 9.09. The highest BCUT2D eigenvalue weighted by molar-refractivity contribution is 5.84. The number of rotatable bonds is 5. The molecule has 0 unspecified atom stereocenters. The molecule has 0 aromatic heterocycles. The summed E-state index contributed by atoms with van der Waals surface area (Å²) in [6, 6.07) is 8.48. The Morgan fingerprint density at radius 1 is 1.24 bits per heavy atom. The standard InChI is InChI=1S/C11H12N4O2/c12-5-8-2-1-3-9(4-8)15(6-10(13)16)7-11(14)17/h1-4H,6-7H2,(H2,13,16)(H2,14,17). The number of hydrogen-bond acceptors (Lipinski definition) is 4. The third-order valence-corrected chi connectivity index (χ3v) is 2.03. The summed E-state index contributed by atoms with van der Waals surface area (Å²) in [4.78, 5) is 23.2. The second kappa shape index (κ2) is 5.51. The van der Waals surface area contributed by atoms with Crippen LogP contribution in [0, 0.1) is 11.3 Å². The van der Waals surface area contributed by atoms with E-state index in [2.05, 4.69) is 0 Å². The van der Waals surface area contributed by atoms with Gasteiger partial charge in [0.2, 0.25) is 11.8 Å². The minimum absolute atomic E-state index is 0.127. The van der Waals surface area contributed by atoms with Crippen LogP contribution in [0.15, 0.2) is 24.3 Å². The first-order valence-corrected chi connectivity index (χ1v) is 4.84. The molecule has 0 saturated heterocycles. The number of carbonyl (C=O) groups is 2. The lowest BCUT2D eigenvalue weighted by Crippen LogP contribution is -2.39. The molecule has 88 valence electrons. The summed E-state index contributed by atoms with van der Waals surface area (Å²) < 4.78 is 0. The summed E-state index contributed by atoms with van der Waals surface area (Å²) >= 11 is 0. The Morgan fingerprint density at radius 3 is 2.29 bits per heavy atom. The molecule has 1 aromatic rings. The quantitative estimate of drug-likeness (QED) is 0.701. The van der Waals surface area contributed by atoms with Gasteiger partial charge in [-0.25, -0.2) is 0 Å². The zero-order chi connectivity index (χ0) is 12.8. The molecule has 17 heavy (non-hydrogen) atoms. The minimum Gasteiger partial charge on any atom is -0.368 e. The fourth-order valence-corrected chi connectivity index (χ4v) is 1.39. The number of anilines is 1. The second-order valence-corrected chi connectivity index (χ2v) is 3.45. The van der Waals surface area contributed by atoms with Crippen molar-refractivity contribution in [1.29, 1.82) is 5.26 Å². The molecule has 0 bridgehead atoms. The van der Waals surface area contributed by atoms with E-state index >= 15 is 0 Å². The average Bonchev–Trinajstić information content (AvgIpc) is 2.27. The van der Waals surface area contributed by atoms with Crippen molar-refractivity contribution < 1.29 is 9.59 Å². The highest BCUT2D eigenvalue weighted by Crippen LogP contribution is 2.15. The van der Waals surface area contributed by atoms with Crippen molar-refractivity contribution in [3.8, 4) is 6.07 Å². The maximum absolute atomic E-state index is 10.9. The van der Waals surface area contributed by atoms with Crippen molar-refractivity contribution in [1.82, 2.24) is 0 Å². The van der Waals surface area contributed by atoms with Gasteiger partial charge >= 0.3 is 0 Å². The number of nitrogens with zero attached hydrogens (tertiary/aromatic N) is 2. The summed E-state index contributed by atoms with van der Waals surface area (Å²) in [5.74, 6) is -1.15. The largest absolute Gasteiger partial charge is 0.368 e. The van der Waals surface area contributed by atoms with Crippen LogP contribution >= 0.6 is 0 Å². The molecule has 1 aromatic carbocycles. The molecule has 0 spiro atoms. The van der Waals surface area contributed by atoms with Crippen LogP contribution in [0.1, 0.15) is 5.56 Å². The smallest absolute Gasteiger partial charge is 0.236 e. The molecule has 0 atom stereocenters. The first-order chi connectivity index (χ1) is 8.02. The van der Waals surface area contributed by atoms with E-state index < -0.39 is 11.8 Å². The van der Waals surface area contributed by atoms with E-state index in [0.29, 0.717) is 11.3 Å². The molecule has 0 aliphatic heterocycles. The summed E-state index contributed by atoms with van der Waals surface area (Å²) in [7, 11) is 0. The van der Waals surface area contributed by atoms with E-state index in [1.807, 2.05) is 6.07 Å². The van der Waals surface area contributed by atoms with E-state index in [9.17, 15) is 9.59 Å². The lowest BCUT2D eigenvalue weighted by atomic mass is 10.2. The molecular weight excluding hydrogens is 220 g/mol. The number of amides is 2. The van der Waals surface area contributed by atoms with Crippen molar-refractivity contribution in [2.75, 3.05) is 18.0 Å². The topological polar surface area (TPSA) is 113 Å². The number of nitrogens with two attached hydrogens (primary N) is 2. The van der Waals surface area contributed by atoms with Crippen LogP contribution < -0.4 is 16.4 Å². The average molecular weight is 232 g/mol. The van der Waals surface area contributed by atoms with Crippen molar-refractivity contribution in [3.63, 3.8) is 0 Å². The van der Waals surface area contributed by atoms with Crippen LogP contribution in [0.3, 0.4) is 0 Å². The lowest BCUT2D eigenvalue weighted by molar-refractivity contribution is -0.117. The van der Waals surface area contributed by atoms with Gasteiger partial charge in [0.1, 0.15) is 0 Å². The fraction of sp³-hybridized carbons (Fsp3) is 0.182. The van der Waals surface area contributed by atoms with E-state index in [-0.39, 0.29) is 13.1 Å². The first kappa shape index (κ1) is 12.5. The Labute approximate surface area is 98.4 Å². The Balaban J connectivity index is 2.99. The summed E-state index contributed by atoms with van der Waals surface area (Å²) in [5, 5.41) is 8.76. The second-order valence-electron chi connectivity index (χ2n) is 3.45. The van der Waals surface area contributed by atoms with E-state index in [1.165, 1.54) is 4.90 Å².